The lowest BCUT2D eigenvalue weighted by Gasteiger charge is -2.27. The molecule has 8 nitrogen and oxygen atoms in total. The first-order valence-corrected chi connectivity index (χ1v) is 10.1. The lowest BCUT2D eigenvalue weighted by molar-refractivity contribution is 0.286. The van der Waals surface area contributed by atoms with Crippen LogP contribution in [0.2, 0.25) is 0 Å². The van der Waals surface area contributed by atoms with Crippen molar-refractivity contribution < 1.29 is 4.42 Å². The van der Waals surface area contributed by atoms with Gasteiger partial charge in [0.05, 0.1) is 30.6 Å². The zero-order valence-electron chi connectivity index (χ0n) is 16.6. The molecule has 0 amide bonds. The summed E-state index contributed by atoms with van der Waals surface area (Å²) >= 11 is 5.74. The number of nitrogens with zero attached hydrogens (tertiary/aromatic N) is 6. The van der Waals surface area contributed by atoms with Gasteiger partial charge in [-0.15, -0.1) is 10.2 Å². The van der Waals surface area contributed by atoms with E-state index >= 15 is 0 Å². The van der Waals surface area contributed by atoms with Crippen molar-refractivity contribution in [2.45, 2.75) is 32.5 Å². The quantitative estimate of drug-likeness (QED) is 0.498. The normalized spacial score (nSPS) is 18.7. The molecule has 0 saturated carbocycles. The first-order chi connectivity index (χ1) is 14.6. The van der Waals surface area contributed by atoms with Gasteiger partial charge in [0.2, 0.25) is 0 Å². The summed E-state index contributed by atoms with van der Waals surface area (Å²) in [6, 6.07) is 11.9. The molecular formula is C21H21N7OS. The zero-order chi connectivity index (χ0) is 20.7. The smallest absolute Gasteiger partial charge is 0.170 e. The molecule has 5 rings (SSSR count). The molecule has 0 spiro atoms. The lowest BCUT2D eigenvalue weighted by atomic mass is 9.96. The van der Waals surface area contributed by atoms with Gasteiger partial charge in [-0.2, -0.15) is 0 Å². The minimum absolute atomic E-state index is 0.0473. The monoisotopic (exact) mass is 419 g/mol. The Kier molecular flexibility index (Phi) is 4.59. The summed E-state index contributed by atoms with van der Waals surface area (Å²) in [4.78, 5) is 6.78. The van der Waals surface area contributed by atoms with E-state index in [1.54, 1.807) is 18.9 Å². The molecule has 30 heavy (non-hydrogen) atoms. The maximum atomic E-state index is 5.74. The van der Waals surface area contributed by atoms with Crippen LogP contribution in [0.15, 0.2) is 65.9 Å². The number of nitrogens with one attached hydrogen (secondary N) is 1. The summed E-state index contributed by atoms with van der Waals surface area (Å²) < 4.78 is 9.59. The Morgan fingerprint density at radius 3 is 2.67 bits per heavy atom. The van der Waals surface area contributed by atoms with Gasteiger partial charge in [0, 0.05) is 23.1 Å². The first-order valence-electron chi connectivity index (χ1n) is 9.68. The molecule has 5 heterocycles. The molecule has 0 bridgehead atoms. The second kappa shape index (κ2) is 7.42. The minimum atomic E-state index is -0.0801. The summed E-state index contributed by atoms with van der Waals surface area (Å²) in [5.74, 6) is 0.860. The van der Waals surface area contributed by atoms with Crippen LogP contribution in [-0.2, 0) is 6.54 Å². The topological polar surface area (TPSA) is 76.9 Å². The van der Waals surface area contributed by atoms with Crippen molar-refractivity contribution in [3.63, 3.8) is 0 Å². The summed E-state index contributed by atoms with van der Waals surface area (Å²) in [7, 11) is 0. The van der Waals surface area contributed by atoms with Gasteiger partial charge in [-0.3, -0.25) is 9.66 Å². The fraction of sp³-hybridized carbons (Fsp3) is 0.238. The van der Waals surface area contributed by atoms with Crippen molar-refractivity contribution in [1.82, 2.24) is 34.8 Å². The second-order valence-electron chi connectivity index (χ2n) is 7.31. The van der Waals surface area contributed by atoms with Gasteiger partial charge in [-0.25, -0.2) is 4.68 Å². The molecule has 1 N–H and O–H groups in total. The number of aromatic nitrogens is 5. The van der Waals surface area contributed by atoms with E-state index < -0.39 is 0 Å². The SMILES string of the molecule is Cc1cc([C@@H]2[C@@H](c3ccccn3)NC(=S)N2Cc2ccco2)c(C)n1-n1cnnc1. The highest BCUT2D eigenvalue weighted by Crippen LogP contribution is 2.41. The lowest BCUT2D eigenvalue weighted by Crippen LogP contribution is -2.29. The van der Waals surface area contributed by atoms with E-state index in [4.69, 9.17) is 16.6 Å². The summed E-state index contributed by atoms with van der Waals surface area (Å²) in [5, 5.41) is 12.1. The van der Waals surface area contributed by atoms with Crippen LogP contribution in [-0.4, -0.2) is 34.5 Å². The number of hydrogen-bond donors (Lipinski definition) is 1. The number of thiocarbonyl (C=S) groups is 1. The van der Waals surface area contributed by atoms with E-state index in [1.165, 1.54) is 0 Å². The van der Waals surface area contributed by atoms with E-state index in [0.29, 0.717) is 11.7 Å². The van der Waals surface area contributed by atoms with Gasteiger partial charge < -0.3 is 14.6 Å². The molecule has 0 radical (unpaired) electrons. The molecule has 0 unspecified atom stereocenters. The van der Waals surface area contributed by atoms with Crippen LogP contribution in [0.4, 0.5) is 0 Å². The van der Waals surface area contributed by atoms with Gasteiger partial charge in [0.1, 0.15) is 18.4 Å². The van der Waals surface area contributed by atoms with Crippen molar-refractivity contribution in [2.75, 3.05) is 0 Å². The third-order valence-corrected chi connectivity index (χ3v) is 5.85. The molecule has 1 aliphatic rings. The van der Waals surface area contributed by atoms with Crippen LogP contribution in [0.1, 0.15) is 40.5 Å². The Morgan fingerprint density at radius 2 is 1.97 bits per heavy atom. The number of pyridine rings is 1. The number of rotatable bonds is 5. The van der Waals surface area contributed by atoms with Gasteiger partial charge in [-0.1, -0.05) is 6.07 Å². The van der Waals surface area contributed by atoms with Crippen LogP contribution in [0.25, 0.3) is 0 Å². The maximum absolute atomic E-state index is 5.74. The molecule has 0 aromatic carbocycles. The van der Waals surface area contributed by atoms with Crippen molar-refractivity contribution in [3.8, 4) is 0 Å². The van der Waals surface area contributed by atoms with Crippen molar-refractivity contribution in [2.24, 2.45) is 0 Å². The van der Waals surface area contributed by atoms with Crippen LogP contribution in [0, 0.1) is 13.8 Å². The Hall–Kier alpha value is -3.46. The summed E-state index contributed by atoms with van der Waals surface area (Å²) in [6.45, 7) is 4.75. The first kappa shape index (κ1) is 18.6. The summed E-state index contributed by atoms with van der Waals surface area (Å²) in [6.07, 6.45) is 6.88. The number of aryl methyl sites for hydroxylation is 1. The van der Waals surface area contributed by atoms with Gasteiger partial charge in [0.25, 0.3) is 0 Å². The Bertz CT molecular complexity index is 1150. The predicted molar refractivity (Wildman–Crippen MR) is 114 cm³/mol. The average Bonchev–Trinajstić information content (AvgIpc) is 3.53. The van der Waals surface area contributed by atoms with Crippen LogP contribution < -0.4 is 5.32 Å². The molecule has 9 heteroatoms. The standard InChI is InChI=1S/C21H21N7OS/c1-14-10-17(15(2)28(14)26-12-23-24-13-26)20-19(18-7-3-4-8-22-18)25-21(30)27(20)11-16-6-5-9-29-16/h3-10,12-13,19-20H,11H2,1-2H3,(H,25,30)/t19-,20-/m1/s1. The van der Waals surface area contributed by atoms with Crippen LogP contribution in [0.3, 0.4) is 0 Å². The maximum Gasteiger partial charge on any atom is 0.170 e. The van der Waals surface area contributed by atoms with Gasteiger partial charge >= 0.3 is 0 Å². The molecule has 0 aliphatic carbocycles. The van der Waals surface area contributed by atoms with Crippen molar-refractivity contribution in [3.05, 3.63) is 89.9 Å². The van der Waals surface area contributed by atoms with E-state index in [0.717, 1.165) is 28.4 Å². The van der Waals surface area contributed by atoms with Gasteiger partial charge in [-0.05, 0) is 56.4 Å². The van der Waals surface area contributed by atoms with E-state index in [2.05, 4.69) is 50.0 Å². The average molecular weight is 420 g/mol. The molecule has 2 atom stereocenters. The molecule has 4 aromatic rings. The second-order valence-corrected chi connectivity index (χ2v) is 7.70. The van der Waals surface area contributed by atoms with Crippen molar-refractivity contribution in [1.29, 1.82) is 0 Å². The highest BCUT2D eigenvalue weighted by Gasteiger charge is 2.41. The number of furan rings is 1. The van der Waals surface area contributed by atoms with Crippen LogP contribution in [0.5, 0.6) is 0 Å². The predicted octanol–water partition coefficient (Wildman–Crippen LogP) is 3.17. The van der Waals surface area contributed by atoms with E-state index in [1.807, 2.05) is 41.2 Å². The molecule has 152 valence electrons. The fourth-order valence-electron chi connectivity index (χ4n) is 4.22. The molecule has 4 aromatic heterocycles. The van der Waals surface area contributed by atoms with Crippen LogP contribution >= 0.6 is 12.2 Å². The molecule has 1 fully saturated rings. The highest BCUT2D eigenvalue weighted by molar-refractivity contribution is 7.80. The molecule has 1 saturated heterocycles. The number of hydrogen-bond acceptors (Lipinski definition) is 5. The van der Waals surface area contributed by atoms with E-state index in [-0.39, 0.29) is 12.1 Å². The van der Waals surface area contributed by atoms with Gasteiger partial charge in [0.15, 0.2) is 5.11 Å². The third-order valence-electron chi connectivity index (χ3n) is 5.49. The Balaban J connectivity index is 1.62. The summed E-state index contributed by atoms with van der Waals surface area (Å²) in [5.41, 5.74) is 4.28. The third kappa shape index (κ3) is 3.07. The fourth-order valence-corrected chi connectivity index (χ4v) is 4.52. The Morgan fingerprint density at radius 1 is 1.13 bits per heavy atom. The van der Waals surface area contributed by atoms with Crippen molar-refractivity contribution >= 4 is 17.3 Å². The minimum Gasteiger partial charge on any atom is -0.467 e. The zero-order valence-corrected chi connectivity index (χ0v) is 17.5. The molecule has 1 aliphatic heterocycles. The largest absolute Gasteiger partial charge is 0.467 e. The highest BCUT2D eigenvalue weighted by atomic mass is 32.1. The van der Waals surface area contributed by atoms with E-state index in [9.17, 15) is 0 Å². The Labute approximate surface area is 179 Å². The molecular weight excluding hydrogens is 398 g/mol.